The van der Waals surface area contributed by atoms with Gasteiger partial charge in [0.2, 0.25) is 6.29 Å². The van der Waals surface area contributed by atoms with Crippen molar-refractivity contribution in [2.24, 2.45) is 0 Å². The van der Waals surface area contributed by atoms with Crippen molar-refractivity contribution in [3.8, 4) is 11.5 Å². The van der Waals surface area contributed by atoms with Gasteiger partial charge in [0.15, 0.2) is 0 Å². The Morgan fingerprint density at radius 3 is 2.50 bits per heavy atom. The Balaban J connectivity index is 1.99. The number of esters is 1. The molecule has 0 amide bonds. The summed E-state index contributed by atoms with van der Waals surface area (Å²) in [6.07, 6.45) is 2.38. The molecule has 0 aliphatic carbocycles. The molecule has 2 N–H and O–H groups in total. The zero-order valence-corrected chi connectivity index (χ0v) is 16.2. The van der Waals surface area contributed by atoms with Crippen molar-refractivity contribution in [1.82, 2.24) is 0 Å². The van der Waals surface area contributed by atoms with Gasteiger partial charge in [0.05, 0.1) is 5.57 Å². The number of rotatable bonds is 6. The number of carbonyl (C=O) groups is 1. The molecular formula is C23H24O5. The van der Waals surface area contributed by atoms with Crippen molar-refractivity contribution >= 4 is 11.5 Å². The molecule has 0 fully saturated rings. The third kappa shape index (κ3) is 4.26. The van der Waals surface area contributed by atoms with E-state index in [1.807, 2.05) is 26.0 Å². The topological polar surface area (TPSA) is 76.0 Å². The molecule has 5 heteroatoms. The van der Waals surface area contributed by atoms with Crippen molar-refractivity contribution in [3.63, 3.8) is 0 Å². The second-order valence-corrected chi connectivity index (χ2v) is 7.05. The molecule has 1 aliphatic heterocycles. The quantitative estimate of drug-likeness (QED) is 0.582. The Kier molecular flexibility index (Phi) is 5.85. The van der Waals surface area contributed by atoms with Gasteiger partial charge in [-0.05, 0) is 55.2 Å². The maximum atomic E-state index is 12.5. The minimum Gasteiger partial charge on any atom is -0.508 e. The average Bonchev–Trinajstić information content (AvgIpc) is 2.98. The van der Waals surface area contributed by atoms with Crippen molar-refractivity contribution < 1.29 is 24.5 Å². The van der Waals surface area contributed by atoms with E-state index in [1.165, 1.54) is 24.8 Å². The van der Waals surface area contributed by atoms with E-state index < -0.39 is 12.3 Å². The van der Waals surface area contributed by atoms with E-state index in [0.29, 0.717) is 24.0 Å². The SMILES string of the molecule is CO[C@@H]1OC(=O)C(c2ccc(O)cc2)=C1Cc1ccc(O)c(CC=C(C)C)c1. The van der Waals surface area contributed by atoms with Crippen LogP contribution in [0.15, 0.2) is 59.7 Å². The van der Waals surface area contributed by atoms with Crippen LogP contribution in [0.3, 0.4) is 0 Å². The zero-order chi connectivity index (χ0) is 20.3. The number of carbonyl (C=O) groups excluding carboxylic acids is 1. The minimum absolute atomic E-state index is 0.128. The van der Waals surface area contributed by atoms with Crippen molar-refractivity contribution in [2.45, 2.75) is 33.0 Å². The van der Waals surface area contributed by atoms with E-state index in [0.717, 1.165) is 16.7 Å². The second-order valence-electron chi connectivity index (χ2n) is 7.05. The number of phenols is 2. The highest BCUT2D eigenvalue weighted by molar-refractivity contribution is 6.19. The molecule has 146 valence electrons. The Labute approximate surface area is 164 Å². The van der Waals surface area contributed by atoms with E-state index in [2.05, 4.69) is 6.08 Å². The lowest BCUT2D eigenvalue weighted by atomic mass is 9.94. The summed E-state index contributed by atoms with van der Waals surface area (Å²) in [4.78, 5) is 12.5. The largest absolute Gasteiger partial charge is 0.508 e. The van der Waals surface area contributed by atoms with Gasteiger partial charge in [-0.25, -0.2) is 4.79 Å². The molecule has 0 radical (unpaired) electrons. The number of phenolic OH excluding ortho intramolecular Hbond substituents is 2. The summed E-state index contributed by atoms with van der Waals surface area (Å²) in [5.74, 6) is -0.0740. The molecule has 2 aromatic carbocycles. The number of allylic oxidation sites excluding steroid dienone is 2. The van der Waals surface area contributed by atoms with Crippen LogP contribution in [0.1, 0.15) is 30.5 Å². The monoisotopic (exact) mass is 380 g/mol. The van der Waals surface area contributed by atoms with Gasteiger partial charge in [0.1, 0.15) is 11.5 Å². The summed E-state index contributed by atoms with van der Waals surface area (Å²) < 4.78 is 10.7. The molecule has 1 heterocycles. The van der Waals surface area contributed by atoms with Crippen LogP contribution < -0.4 is 0 Å². The summed E-state index contributed by atoms with van der Waals surface area (Å²) in [6, 6.07) is 11.9. The summed E-state index contributed by atoms with van der Waals surface area (Å²) in [6.45, 7) is 4.03. The highest BCUT2D eigenvalue weighted by Crippen LogP contribution is 2.34. The predicted octanol–water partition coefficient (Wildman–Crippen LogP) is 4.13. The molecule has 0 bridgehead atoms. The van der Waals surface area contributed by atoms with Crippen LogP contribution in [-0.2, 0) is 27.1 Å². The van der Waals surface area contributed by atoms with Gasteiger partial charge < -0.3 is 19.7 Å². The molecule has 1 atom stereocenters. The van der Waals surface area contributed by atoms with Crippen LogP contribution in [-0.4, -0.2) is 29.6 Å². The highest BCUT2D eigenvalue weighted by atomic mass is 16.7. The number of methoxy groups -OCH3 is 1. The Hall–Kier alpha value is -3.05. The van der Waals surface area contributed by atoms with Crippen LogP contribution >= 0.6 is 0 Å². The maximum absolute atomic E-state index is 12.5. The highest BCUT2D eigenvalue weighted by Gasteiger charge is 2.34. The number of cyclic esters (lactones) is 1. The molecule has 5 nitrogen and oxygen atoms in total. The van der Waals surface area contributed by atoms with E-state index in [9.17, 15) is 15.0 Å². The summed E-state index contributed by atoms with van der Waals surface area (Å²) in [5, 5.41) is 19.7. The van der Waals surface area contributed by atoms with E-state index in [-0.39, 0.29) is 11.5 Å². The van der Waals surface area contributed by atoms with E-state index >= 15 is 0 Å². The van der Waals surface area contributed by atoms with Gasteiger partial charge in [0.25, 0.3) is 0 Å². The average molecular weight is 380 g/mol. The third-order valence-electron chi connectivity index (χ3n) is 4.66. The number of aromatic hydroxyl groups is 2. The summed E-state index contributed by atoms with van der Waals surface area (Å²) in [5.41, 5.74) is 4.78. The van der Waals surface area contributed by atoms with Gasteiger partial charge in [0, 0.05) is 19.1 Å². The van der Waals surface area contributed by atoms with Gasteiger partial charge in [-0.15, -0.1) is 0 Å². The normalized spacial score (nSPS) is 16.2. The fourth-order valence-electron chi connectivity index (χ4n) is 3.22. The molecule has 1 aliphatic rings. The Morgan fingerprint density at radius 1 is 1.14 bits per heavy atom. The molecule has 0 saturated carbocycles. The molecule has 0 saturated heterocycles. The molecular weight excluding hydrogens is 356 g/mol. The van der Waals surface area contributed by atoms with Gasteiger partial charge in [-0.2, -0.15) is 0 Å². The molecule has 3 rings (SSSR count). The maximum Gasteiger partial charge on any atom is 0.341 e. The van der Waals surface area contributed by atoms with Crippen LogP contribution in [0, 0.1) is 0 Å². The first kappa shape index (κ1) is 19.7. The zero-order valence-electron chi connectivity index (χ0n) is 16.2. The predicted molar refractivity (Wildman–Crippen MR) is 107 cm³/mol. The minimum atomic E-state index is -0.758. The smallest absolute Gasteiger partial charge is 0.341 e. The van der Waals surface area contributed by atoms with Crippen LogP contribution in [0.4, 0.5) is 0 Å². The fourth-order valence-corrected chi connectivity index (χ4v) is 3.22. The van der Waals surface area contributed by atoms with Gasteiger partial charge >= 0.3 is 5.97 Å². The molecule has 0 unspecified atom stereocenters. The number of ether oxygens (including phenoxy) is 2. The van der Waals surface area contributed by atoms with E-state index in [4.69, 9.17) is 9.47 Å². The first-order valence-electron chi connectivity index (χ1n) is 9.09. The first-order valence-corrected chi connectivity index (χ1v) is 9.09. The third-order valence-corrected chi connectivity index (χ3v) is 4.66. The Morgan fingerprint density at radius 2 is 1.86 bits per heavy atom. The standard InChI is InChI=1S/C23H24O5/c1-14(2)4-6-17-12-15(5-11-20(17)25)13-19-21(22(26)28-23(19)27-3)16-7-9-18(24)10-8-16/h4-5,7-12,23-25H,6,13H2,1-3H3/t23-/m1/s1. The van der Waals surface area contributed by atoms with Gasteiger partial charge in [-0.3, -0.25) is 0 Å². The summed E-state index contributed by atoms with van der Waals surface area (Å²) in [7, 11) is 1.49. The van der Waals surface area contributed by atoms with Crippen LogP contribution in [0.5, 0.6) is 11.5 Å². The first-order chi connectivity index (χ1) is 13.4. The summed E-state index contributed by atoms with van der Waals surface area (Å²) >= 11 is 0. The lowest BCUT2D eigenvalue weighted by Crippen LogP contribution is -2.15. The van der Waals surface area contributed by atoms with Crippen molar-refractivity contribution in [3.05, 3.63) is 76.4 Å². The van der Waals surface area contributed by atoms with E-state index in [1.54, 1.807) is 18.2 Å². The lowest BCUT2D eigenvalue weighted by molar-refractivity contribution is -0.154. The molecule has 0 aromatic heterocycles. The Bertz CT molecular complexity index is 934. The molecule has 0 spiro atoms. The molecule has 28 heavy (non-hydrogen) atoms. The second kappa shape index (κ2) is 8.31. The van der Waals surface area contributed by atoms with Crippen molar-refractivity contribution in [1.29, 1.82) is 0 Å². The number of hydrogen-bond acceptors (Lipinski definition) is 5. The lowest BCUT2D eigenvalue weighted by Gasteiger charge is -2.13. The number of benzene rings is 2. The van der Waals surface area contributed by atoms with Crippen molar-refractivity contribution in [2.75, 3.05) is 7.11 Å². The molecule has 2 aromatic rings. The fraction of sp³-hybridized carbons (Fsp3) is 0.261. The number of hydrogen-bond donors (Lipinski definition) is 2. The van der Waals surface area contributed by atoms with Crippen LogP contribution in [0.2, 0.25) is 0 Å². The van der Waals surface area contributed by atoms with Gasteiger partial charge in [-0.1, -0.05) is 35.9 Å². The van der Waals surface area contributed by atoms with Crippen LogP contribution in [0.25, 0.3) is 5.57 Å².